The average Bonchev–Trinajstić information content (AvgIpc) is 3.24. The summed E-state index contributed by atoms with van der Waals surface area (Å²) in [5.41, 5.74) is 1.20. The summed E-state index contributed by atoms with van der Waals surface area (Å²) in [6.45, 7) is 13.8. The van der Waals surface area contributed by atoms with Crippen molar-refractivity contribution in [2.24, 2.45) is 0 Å². The smallest absolute Gasteiger partial charge is 0.444 e. The zero-order valence-corrected chi connectivity index (χ0v) is 19.4. The van der Waals surface area contributed by atoms with Crippen LogP contribution in [0.15, 0.2) is 48.2 Å². The van der Waals surface area contributed by atoms with Crippen LogP contribution in [0.5, 0.6) is 0 Å². The molecule has 1 aromatic carbocycles. The Morgan fingerprint density at radius 3 is 2.29 bits per heavy atom. The van der Waals surface area contributed by atoms with Gasteiger partial charge in [0.25, 0.3) is 0 Å². The van der Waals surface area contributed by atoms with Gasteiger partial charge in [-0.3, -0.25) is 0 Å². The van der Waals surface area contributed by atoms with Gasteiger partial charge >= 0.3 is 13.2 Å². The lowest BCUT2D eigenvalue weighted by atomic mass is 9.77. The van der Waals surface area contributed by atoms with E-state index >= 15 is 0 Å². The van der Waals surface area contributed by atoms with Gasteiger partial charge in [-0.25, -0.2) is 9.48 Å². The van der Waals surface area contributed by atoms with Crippen LogP contribution in [-0.2, 0) is 14.0 Å². The predicted molar refractivity (Wildman–Crippen MR) is 122 cm³/mol. The Morgan fingerprint density at radius 2 is 1.77 bits per heavy atom. The number of carbonyl (C=O) groups excluding carboxylic acids is 1. The number of nitrogens with zero attached hydrogens (tertiary/aromatic N) is 2. The van der Waals surface area contributed by atoms with E-state index in [1.54, 1.807) is 10.9 Å². The standard InChI is InChI=1S/C23H32BN3O4/c1-21(2,3)29-20(28)25-16-18(24-30-22(4,5)23(6,7)31-24)15-17-9-11-19(12-10-17)27-14-8-13-26-27/h8-15H,16H2,1-7H3,(H,25,28). The number of nitrogens with one attached hydrogen (secondary N) is 1. The van der Waals surface area contributed by atoms with Crippen LogP contribution in [0.4, 0.5) is 4.79 Å². The van der Waals surface area contributed by atoms with Crippen LogP contribution in [0.25, 0.3) is 11.8 Å². The van der Waals surface area contributed by atoms with Crippen LogP contribution in [0, 0.1) is 0 Å². The third kappa shape index (κ3) is 5.77. The molecule has 1 aliphatic heterocycles. The lowest BCUT2D eigenvalue weighted by Gasteiger charge is -2.32. The van der Waals surface area contributed by atoms with Gasteiger partial charge in [0, 0.05) is 18.9 Å². The summed E-state index contributed by atoms with van der Waals surface area (Å²) in [4.78, 5) is 12.2. The first-order chi connectivity index (χ1) is 14.4. The minimum Gasteiger partial charge on any atom is -0.444 e. The summed E-state index contributed by atoms with van der Waals surface area (Å²) < 4.78 is 19.6. The number of carbonyl (C=O) groups is 1. The number of rotatable bonds is 5. The second-order valence-electron chi connectivity index (χ2n) is 9.71. The maximum absolute atomic E-state index is 12.2. The minimum absolute atomic E-state index is 0.243. The zero-order valence-electron chi connectivity index (χ0n) is 19.4. The summed E-state index contributed by atoms with van der Waals surface area (Å²) in [7, 11) is -0.578. The Bertz CT molecular complexity index is 913. The lowest BCUT2D eigenvalue weighted by molar-refractivity contribution is 0.00578. The van der Waals surface area contributed by atoms with Crippen LogP contribution in [0.3, 0.4) is 0 Å². The summed E-state index contributed by atoms with van der Waals surface area (Å²) >= 11 is 0. The first-order valence-corrected chi connectivity index (χ1v) is 10.5. The topological polar surface area (TPSA) is 74.6 Å². The van der Waals surface area contributed by atoms with Crippen molar-refractivity contribution in [3.63, 3.8) is 0 Å². The largest absolute Gasteiger partial charge is 0.492 e. The van der Waals surface area contributed by atoms with Gasteiger partial charge in [0.05, 0.1) is 16.9 Å². The van der Waals surface area contributed by atoms with Crippen molar-refractivity contribution in [3.05, 3.63) is 53.8 Å². The Balaban J connectivity index is 1.82. The highest BCUT2D eigenvalue weighted by atomic mass is 16.7. The number of benzene rings is 1. The van der Waals surface area contributed by atoms with Crippen molar-refractivity contribution in [3.8, 4) is 5.69 Å². The first kappa shape index (κ1) is 23.1. The van der Waals surface area contributed by atoms with E-state index in [2.05, 4.69) is 10.4 Å². The third-order valence-electron chi connectivity index (χ3n) is 5.41. The number of ether oxygens (including phenoxy) is 1. The molecule has 8 heteroatoms. The van der Waals surface area contributed by atoms with Gasteiger partial charge in [0.15, 0.2) is 0 Å². The number of hydrogen-bond acceptors (Lipinski definition) is 5. The van der Waals surface area contributed by atoms with Gasteiger partial charge in [-0.05, 0) is 77.7 Å². The molecule has 0 unspecified atom stereocenters. The van der Waals surface area contributed by atoms with Crippen LogP contribution < -0.4 is 5.32 Å². The highest BCUT2D eigenvalue weighted by molar-refractivity contribution is 6.56. The number of aromatic nitrogens is 2. The Hall–Kier alpha value is -2.58. The molecule has 0 aliphatic carbocycles. The molecular formula is C23H32BN3O4. The second kappa shape index (κ2) is 8.51. The predicted octanol–water partition coefficient (Wildman–Crippen LogP) is 4.41. The average molecular weight is 425 g/mol. The first-order valence-electron chi connectivity index (χ1n) is 10.5. The van der Waals surface area contributed by atoms with Crippen LogP contribution in [0.1, 0.15) is 54.0 Å². The SMILES string of the molecule is CC(C)(C)OC(=O)NCC(=Cc1ccc(-n2cccn2)cc1)B1OC(C)(C)C(C)(C)O1. The summed E-state index contributed by atoms with van der Waals surface area (Å²) in [6, 6.07) is 9.85. The van der Waals surface area contributed by atoms with Crippen LogP contribution in [0.2, 0.25) is 0 Å². The Kier molecular flexibility index (Phi) is 6.34. The summed E-state index contributed by atoms with van der Waals surface area (Å²) in [5, 5.41) is 7.07. The molecule has 0 atom stereocenters. The molecule has 0 bridgehead atoms. The summed E-state index contributed by atoms with van der Waals surface area (Å²) in [6.07, 6.45) is 5.13. The molecule has 0 spiro atoms. The minimum atomic E-state index is -0.578. The van der Waals surface area contributed by atoms with E-state index in [0.717, 1.165) is 16.7 Å². The molecule has 2 heterocycles. The van der Waals surface area contributed by atoms with Crippen LogP contribution in [-0.4, -0.2) is 46.3 Å². The number of alkyl carbamates (subject to hydrolysis) is 1. The molecule has 3 rings (SSSR count). The Labute approximate surface area is 184 Å². The normalized spacial score (nSPS) is 18.2. The van der Waals surface area contributed by atoms with E-state index in [4.69, 9.17) is 14.0 Å². The fourth-order valence-electron chi connectivity index (χ4n) is 3.04. The molecule has 1 amide bonds. The molecule has 2 aromatic rings. The van der Waals surface area contributed by atoms with Gasteiger partial charge < -0.3 is 19.4 Å². The van der Waals surface area contributed by atoms with E-state index in [1.165, 1.54) is 0 Å². The number of amides is 1. The molecule has 1 fully saturated rings. The maximum Gasteiger partial charge on any atom is 0.492 e. The molecule has 1 saturated heterocycles. The van der Waals surface area contributed by atoms with Gasteiger partial charge in [-0.2, -0.15) is 5.10 Å². The highest BCUT2D eigenvalue weighted by Gasteiger charge is 2.52. The van der Waals surface area contributed by atoms with Crippen molar-refractivity contribution in [1.29, 1.82) is 0 Å². The third-order valence-corrected chi connectivity index (χ3v) is 5.41. The molecule has 0 saturated carbocycles. The molecule has 7 nitrogen and oxygen atoms in total. The van der Waals surface area contributed by atoms with Crippen molar-refractivity contribution in [1.82, 2.24) is 15.1 Å². The Morgan fingerprint density at radius 1 is 1.16 bits per heavy atom. The summed E-state index contributed by atoms with van der Waals surface area (Å²) in [5.74, 6) is 0. The van der Waals surface area contributed by atoms with Gasteiger partial charge in [-0.15, -0.1) is 0 Å². The van der Waals surface area contributed by atoms with Gasteiger partial charge in [-0.1, -0.05) is 18.2 Å². The van der Waals surface area contributed by atoms with Crippen molar-refractivity contribution in [2.45, 2.75) is 65.3 Å². The second-order valence-corrected chi connectivity index (χ2v) is 9.71. The van der Waals surface area contributed by atoms with Crippen LogP contribution >= 0.6 is 0 Å². The molecule has 1 aromatic heterocycles. The van der Waals surface area contributed by atoms with Crippen molar-refractivity contribution >= 4 is 19.3 Å². The number of hydrogen-bond donors (Lipinski definition) is 1. The van der Waals surface area contributed by atoms with Gasteiger partial charge in [0.1, 0.15) is 5.60 Å². The fraction of sp³-hybridized carbons (Fsp3) is 0.478. The lowest BCUT2D eigenvalue weighted by Crippen LogP contribution is -2.41. The molecular weight excluding hydrogens is 393 g/mol. The van der Waals surface area contributed by atoms with E-state index in [-0.39, 0.29) is 6.54 Å². The maximum atomic E-state index is 12.2. The van der Waals surface area contributed by atoms with E-state index in [1.807, 2.05) is 91.1 Å². The van der Waals surface area contributed by atoms with E-state index < -0.39 is 30.0 Å². The quantitative estimate of drug-likeness (QED) is 0.719. The van der Waals surface area contributed by atoms with Gasteiger partial charge in [0.2, 0.25) is 0 Å². The van der Waals surface area contributed by atoms with E-state index in [9.17, 15) is 4.79 Å². The van der Waals surface area contributed by atoms with Crippen molar-refractivity contribution in [2.75, 3.05) is 6.54 Å². The molecule has 31 heavy (non-hydrogen) atoms. The monoisotopic (exact) mass is 425 g/mol. The molecule has 1 N–H and O–H groups in total. The van der Waals surface area contributed by atoms with E-state index in [0.29, 0.717) is 0 Å². The zero-order chi connectivity index (χ0) is 22.9. The van der Waals surface area contributed by atoms with Crippen molar-refractivity contribution < 1.29 is 18.8 Å². The molecule has 0 radical (unpaired) electrons. The molecule has 1 aliphatic rings. The fourth-order valence-corrected chi connectivity index (χ4v) is 3.04. The molecule has 166 valence electrons. The highest BCUT2D eigenvalue weighted by Crippen LogP contribution is 2.38.